The van der Waals surface area contributed by atoms with Crippen molar-refractivity contribution in [2.24, 2.45) is 0 Å². The van der Waals surface area contributed by atoms with E-state index in [1.807, 2.05) is 6.92 Å². The first kappa shape index (κ1) is 15.6. The molecular formula is C14H14Cl2N4OS. The minimum Gasteiger partial charge on any atom is -0.324 e. The molecule has 1 aliphatic carbocycles. The summed E-state index contributed by atoms with van der Waals surface area (Å²) in [6.07, 6.45) is 2.30. The number of hydrogen-bond acceptors (Lipinski definition) is 4. The molecule has 1 saturated carbocycles. The summed E-state index contributed by atoms with van der Waals surface area (Å²) < 4.78 is 2.10. The van der Waals surface area contributed by atoms with Gasteiger partial charge in [0.05, 0.1) is 16.5 Å². The maximum Gasteiger partial charge on any atom is 0.234 e. The van der Waals surface area contributed by atoms with Gasteiger partial charge in [0.2, 0.25) is 5.91 Å². The van der Waals surface area contributed by atoms with E-state index in [-0.39, 0.29) is 11.7 Å². The van der Waals surface area contributed by atoms with Crippen molar-refractivity contribution in [3.05, 3.63) is 34.1 Å². The Morgan fingerprint density at radius 3 is 2.86 bits per heavy atom. The van der Waals surface area contributed by atoms with Crippen LogP contribution in [0.1, 0.15) is 24.7 Å². The Morgan fingerprint density at radius 1 is 1.41 bits per heavy atom. The van der Waals surface area contributed by atoms with Crippen LogP contribution in [-0.2, 0) is 4.79 Å². The van der Waals surface area contributed by atoms with Crippen molar-refractivity contribution in [1.29, 1.82) is 0 Å². The fourth-order valence-corrected chi connectivity index (χ4v) is 3.42. The Labute approximate surface area is 142 Å². The lowest BCUT2D eigenvalue weighted by atomic mass is 10.3. The number of nitrogens with zero attached hydrogens (tertiary/aromatic N) is 3. The van der Waals surface area contributed by atoms with E-state index in [9.17, 15) is 4.79 Å². The summed E-state index contributed by atoms with van der Waals surface area (Å²) in [5, 5.41) is 12.7. The highest BCUT2D eigenvalue weighted by atomic mass is 35.5. The number of hydrogen-bond donors (Lipinski definition) is 1. The lowest BCUT2D eigenvalue weighted by molar-refractivity contribution is -0.113. The molecule has 0 bridgehead atoms. The first-order valence-corrected chi connectivity index (χ1v) is 8.58. The average molecular weight is 357 g/mol. The largest absolute Gasteiger partial charge is 0.324 e. The monoisotopic (exact) mass is 356 g/mol. The number of aromatic nitrogens is 3. The normalized spacial score (nSPS) is 14.1. The number of benzene rings is 1. The SMILES string of the molecule is Cc1nnc(SCC(=O)Nc2ccc(Cl)cc2Cl)n1C1CC1. The molecule has 1 amide bonds. The molecule has 0 aliphatic heterocycles. The van der Waals surface area contributed by atoms with Crippen molar-refractivity contribution >= 4 is 46.6 Å². The van der Waals surface area contributed by atoms with Crippen molar-refractivity contribution in [3.63, 3.8) is 0 Å². The van der Waals surface area contributed by atoms with Gasteiger partial charge in [0, 0.05) is 11.1 Å². The van der Waals surface area contributed by atoms with E-state index in [1.165, 1.54) is 11.8 Å². The molecule has 0 saturated heterocycles. The number of amides is 1. The van der Waals surface area contributed by atoms with Crippen molar-refractivity contribution < 1.29 is 4.79 Å². The summed E-state index contributed by atoms with van der Waals surface area (Å²) in [6.45, 7) is 1.93. The molecule has 2 aromatic rings. The van der Waals surface area contributed by atoms with Crippen LogP contribution in [-0.4, -0.2) is 26.4 Å². The zero-order valence-electron chi connectivity index (χ0n) is 11.8. The van der Waals surface area contributed by atoms with Gasteiger partial charge < -0.3 is 9.88 Å². The number of thioether (sulfide) groups is 1. The predicted molar refractivity (Wildman–Crippen MR) is 88.8 cm³/mol. The molecule has 1 aromatic heterocycles. The summed E-state index contributed by atoms with van der Waals surface area (Å²) in [6, 6.07) is 5.46. The lowest BCUT2D eigenvalue weighted by Gasteiger charge is -2.08. The number of nitrogens with one attached hydrogen (secondary N) is 1. The van der Waals surface area contributed by atoms with E-state index in [0.29, 0.717) is 21.8 Å². The molecular weight excluding hydrogens is 343 g/mol. The maximum absolute atomic E-state index is 12.0. The average Bonchev–Trinajstić information content (AvgIpc) is 3.23. The Morgan fingerprint density at radius 2 is 2.18 bits per heavy atom. The molecule has 22 heavy (non-hydrogen) atoms. The smallest absolute Gasteiger partial charge is 0.234 e. The van der Waals surface area contributed by atoms with Crippen molar-refractivity contribution in [3.8, 4) is 0 Å². The molecule has 116 valence electrons. The van der Waals surface area contributed by atoms with Crippen LogP contribution in [0.15, 0.2) is 23.4 Å². The second-order valence-corrected chi connectivity index (χ2v) is 6.88. The minimum absolute atomic E-state index is 0.141. The molecule has 1 aromatic carbocycles. The molecule has 1 aliphatic rings. The van der Waals surface area contributed by atoms with Gasteiger partial charge in [-0.2, -0.15) is 0 Å². The first-order chi connectivity index (χ1) is 10.5. The van der Waals surface area contributed by atoms with Crippen LogP contribution in [0.3, 0.4) is 0 Å². The molecule has 0 atom stereocenters. The zero-order chi connectivity index (χ0) is 15.7. The minimum atomic E-state index is -0.141. The number of anilines is 1. The highest BCUT2D eigenvalue weighted by molar-refractivity contribution is 7.99. The highest BCUT2D eigenvalue weighted by Gasteiger charge is 2.28. The van der Waals surface area contributed by atoms with Gasteiger partial charge in [0.25, 0.3) is 0 Å². The molecule has 1 N–H and O–H groups in total. The van der Waals surface area contributed by atoms with Crippen molar-refractivity contribution in [2.75, 3.05) is 11.1 Å². The first-order valence-electron chi connectivity index (χ1n) is 6.84. The summed E-state index contributed by atoms with van der Waals surface area (Å²) in [7, 11) is 0. The van der Waals surface area contributed by atoms with Gasteiger partial charge in [0.1, 0.15) is 5.82 Å². The van der Waals surface area contributed by atoms with Crippen LogP contribution in [0.4, 0.5) is 5.69 Å². The van der Waals surface area contributed by atoms with Crippen LogP contribution in [0, 0.1) is 6.92 Å². The molecule has 1 fully saturated rings. The second kappa shape index (κ2) is 6.48. The third-order valence-electron chi connectivity index (χ3n) is 3.28. The van der Waals surface area contributed by atoms with Gasteiger partial charge in [-0.1, -0.05) is 35.0 Å². The van der Waals surface area contributed by atoms with E-state index < -0.39 is 0 Å². The van der Waals surface area contributed by atoms with Crippen LogP contribution in [0.2, 0.25) is 10.0 Å². The van der Waals surface area contributed by atoms with Gasteiger partial charge in [0.15, 0.2) is 5.16 Å². The maximum atomic E-state index is 12.0. The third-order valence-corrected chi connectivity index (χ3v) is 4.78. The quantitative estimate of drug-likeness (QED) is 0.823. The van der Waals surface area contributed by atoms with Gasteiger partial charge in [-0.25, -0.2) is 0 Å². The molecule has 1 heterocycles. The Bertz CT molecular complexity index is 715. The zero-order valence-corrected chi connectivity index (χ0v) is 14.2. The molecule has 8 heteroatoms. The van der Waals surface area contributed by atoms with Gasteiger partial charge in [-0.3, -0.25) is 4.79 Å². The van der Waals surface area contributed by atoms with E-state index in [0.717, 1.165) is 23.8 Å². The Kier molecular flexibility index (Phi) is 4.61. The van der Waals surface area contributed by atoms with Gasteiger partial charge >= 0.3 is 0 Å². The van der Waals surface area contributed by atoms with E-state index in [1.54, 1.807) is 18.2 Å². The van der Waals surface area contributed by atoms with E-state index >= 15 is 0 Å². The Hall–Kier alpha value is -1.24. The van der Waals surface area contributed by atoms with Crippen LogP contribution in [0.5, 0.6) is 0 Å². The number of halogens is 2. The number of carbonyl (C=O) groups excluding carboxylic acids is 1. The second-order valence-electron chi connectivity index (χ2n) is 5.09. The lowest BCUT2D eigenvalue weighted by Crippen LogP contribution is -2.15. The standard InChI is InChI=1S/C14H14Cl2N4OS/c1-8-18-19-14(20(8)10-3-4-10)22-7-13(21)17-12-5-2-9(15)6-11(12)16/h2,5-6,10H,3-4,7H2,1H3,(H,17,21). The van der Waals surface area contributed by atoms with E-state index in [4.69, 9.17) is 23.2 Å². The molecule has 5 nitrogen and oxygen atoms in total. The summed E-state index contributed by atoms with van der Waals surface area (Å²) in [4.78, 5) is 12.0. The van der Waals surface area contributed by atoms with Crippen LogP contribution in [0.25, 0.3) is 0 Å². The van der Waals surface area contributed by atoms with Crippen molar-refractivity contribution in [1.82, 2.24) is 14.8 Å². The number of aryl methyl sites for hydroxylation is 1. The highest BCUT2D eigenvalue weighted by Crippen LogP contribution is 2.38. The fraction of sp³-hybridized carbons (Fsp3) is 0.357. The van der Waals surface area contributed by atoms with E-state index in [2.05, 4.69) is 20.1 Å². The number of rotatable bonds is 5. The molecule has 0 unspecified atom stereocenters. The molecule has 0 spiro atoms. The third kappa shape index (κ3) is 3.56. The summed E-state index contributed by atoms with van der Waals surface area (Å²) in [5.74, 6) is 1.01. The van der Waals surface area contributed by atoms with Gasteiger partial charge in [-0.15, -0.1) is 10.2 Å². The summed E-state index contributed by atoms with van der Waals surface area (Å²) >= 11 is 13.2. The van der Waals surface area contributed by atoms with Gasteiger partial charge in [-0.05, 0) is 38.0 Å². The fourth-order valence-electron chi connectivity index (χ4n) is 2.11. The van der Waals surface area contributed by atoms with Crippen molar-refractivity contribution in [2.45, 2.75) is 31.0 Å². The van der Waals surface area contributed by atoms with Crippen LogP contribution >= 0.6 is 35.0 Å². The Balaban J connectivity index is 1.61. The topological polar surface area (TPSA) is 59.8 Å². The predicted octanol–water partition coefficient (Wildman–Crippen LogP) is 3.96. The number of carbonyl (C=O) groups is 1. The summed E-state index contributed by atoms with van der Waals surface area (Å²) in [5.41, 5.74) is 0.552. The molecule has 0 radical (unpaired) electrons. The van der Waals surface area contributed by atoms with Crippen LogP contribution < -0.4 is 5.32 Å². The molecule has 3 rings (SSSR count).